The van der Waals surface area contributed by atoms with Crippen LogP contribution >= 0.6 is 11.6 Å². The summed E-state index contributed by atoms with van der Waals surface area (Å²) in [6.45, 7) is 3.04. The zero-order valence-corrected chi connectivity index (χ0v) is 21.3. The Balaban J connectivity index is 1.36. The van der Waals surface area contributed by atoms with Crippen molar-refractivity contribution in [2.45, 2.75) is 18.1 Å². The summed E-state index contributed by atoms with van der Waals surface area (Å²) >= 11 is 6.37. The zero-order valence-electron chi connectivity index (χ0n) is 19.7. The standard InChI is InChI=1S/C24H27ClN6O4S/c1-34-22-14-16(31-10-12-35-13-11-31)6-9-21(22)28-24-26-15-18(25)23(29-24)27-19-4-2-3-5-20(19)30-36(32,33)17-7-8-17/h2-6,9,14-15,17,30H,7-8,10-13H2,1H3,(H2,26,27,28,29). The van der Waals surface area contributed by atoms with Gasteiger partial charge < -0.3 is 25.0 Å². The maximum Gasteiger partial charge on any atom is 0.235 e. The lowest BCUT2D eigenvalue weighted by Crippen LogP contribution is -2.36. The van der Waals surface area contributed by atoms with Crippen LogP contribution in [0.15, 0.2) is 48.7 Å². The summed E-state index contributed by atoms with van der Waals surface area (Å²) in [5.74, 6) is 1.28. The summed E-state index contributed by atoms with van der Waals surface area (Å²) in [6.07, 6.45) is 2.83. The first-order valence-electron chi connectivity index (χ1n) is 11.6. The Morgan fingerprint density at radius 1 is 1.06 bits per heavy atom. The number of nitrogens with zero attached hydrogens (tertiary/aromatic N) is 3. The molecule has 36 heavy (non-hydrogen) atoms. The number of anilines is 6. The predicted octanol–water partition coefficient (Wildman–Crippen LogP) is 4.37. The second-order valence-electron chi connectivity index (χ2n) is 8.52. The average Bonchev–Trinajstić information content (AvgIpc) is 3.74. The first-order valence-corrected chi connectivity index (χ1v) is 13.5. The molecule has 2 aliphatic rings. The van der Waals surface area contributed by atoms with Crippen LogP contribution in [0.3, 0.4) is 0 Å². The fourth-order valence-electron chi connectivity index (χ4n) is 3.86. The lowest BCUT2D eigenvalue weighted by molar-refractivity contribution is 0.122. The van der Waals surface area contributed by atoms with E-state index in [1.54, 1.807) is 31.4 Å². The topological polar surface area (TPSA) is 118 Å². The molecule has 1 aliphatic carbocycles. The minimum absolute atomic E-state index is 0.287. The molecule has 2 heterocycles. The van der Waals surface area contributed by atoms with Crippen LogP contribution in [0.5, 0.6) is 5.75 Å². The highest BCUT2D eigenvalue weighted by molar-refractivity contribution is 7.93. The highest BCUT2D eigenvalue weighted by atomic mass is 35.5. The van der Waals surface area contributed by atoms with E-state index < -0.39 is 10.0 Å². The molecule has 190 valence electrons. The molecule has 1 saturated heterocycles. The van der Waals surface area contributed by atoms with E-state index in [2.05, 4.69) is 30.2 Å². The summed E-state index contributed by atoms with van der Waals surface area (Å²) in [5, 5.41) is 6.26. The molecular formula is C24H27ClN6O4S. The van der Waals surface area contributed by atoms with Crippen LogP contribution in [0.25, 0.3) is 0 Å². The molecule has 0 bridgehead atoms. The van der Waals surface area contributed by atoms with E-state index in [-0.39, 0.29) is 10.3 Å². The van der Waals surface area contributed by atoms with Crippen molar-refractivity contribution in [3.8, 4) is 5.75 Å². The summed E-state index contributed by atoms with van der Waals surface area (Å²) in [5.41, 5.74) is 2.69. The van der Waals surface area contributed by atoms with Crippen molar-refractivity contribution < 1.29 is 17.9 Å². The first kappa shape index (κ1) is 24.4. The van der Waals surface area contributed by atoms with E-state index in [9.17, 15) is 8.42 Å². The second-order valence-corrected chi connectivity index (χ2v) is 10.9. The van der Waals surface area contributed by atoms with Gasteiger partial charge >= 0.3 is 0 Å². The molecule has 12 heteroatoms. The Hall–Kier alpha value is -3.28. The van der Waals surface area contributed by atoms with Crippen LogP contribution in [-0.2, 0) is 14.8 Å². The van der Waals surface area contributed by atoms with Gasteiger partial charge in [-0.05, 0) is 37.1 Å². The molecule has 0 unspecified atom stereocenters. The molecule has 0 spiro atoms. The number of benzene rings is 2. The van der Waals surface area contributed by atoms with Crippen LogP contribution in [-0.4, -0.2) is 57.0 Å². The molecule has 3 N–H and O–H groups in total. The van der Waals surface area contributed by atoms with Gasteiger partial charge in [0.25, 0.3) is 0 Å². The van der Waals surface area contributed by atoms with Gasteiger partial charge in [0, 0.05) is 24.8 Å². The number of halogens is 1. The highest BCUT2D eigenvalue weighted by Crippen LogP contribution is 2.35. The third-order valence-corrected chi connectivity index (χ3v) is 8.08. The molecule has 0 amide bonds. The Morgan fingerprint density at radius 2 is 1.81 bits per heavy atom. The quantitative estimate of drug-likeness (QED) is 0.370. The lowest BCUT2D eigenvalue weighted by Gasteiger charge is -2.29. The summed E-state index contributed by atoms with van der Waals surface area (Å²) in [4.78, 5) is 11.0. The van der Waals surface area contributed by atoms with Gasteiger partial charge in [0.15, 0.2) is 5.82 Å². The number of methoxy groups -OCH3 is 1. The predicted molar refractivity (Wildman–Crippen MR) is 142 cm³/mol. The summed E-state index contributed by atoms with van der Waals surface area (Å²) in [7, 11) is -1.82. The van der Waals surface area contributed by atoms with Crippen molar-refractivity contribution in [3.63, 3.8) is 0 Å². The van der Waals surface area contributed by atoms with Gasteiger partial charge in [-0.3, -0.25) is 4.72 Å². The first-order chi connectivity index (χ1) is 17.4. The number of aromatic nitrogens is 2. The molecule has 1 aromatic heterocycles. The van der Waals surface area contributed by atoms with Crippen LogP contribution in [0, 0.1) is 0 Å². The van der Waals surface area contributed by atoms with Crippen molar-refractivity contribution in [1.82, 2.24) is 9.97 Å². The number of ether oxygens (including phenoxy) is 2. The zero-order chi connectivity index (χ0) is 25.1. The van der Waals surface area contributed by atoms with E-state index in [0.717, 1.165) is 18.8 Å². The molecule has 0 radical (unpaired) electrons. The molecule has 3 aromatic rings. The molecule has 1 saturated carbocycles. The molecule has 10 nitrogen and oxygen atoms in total. The largest absolute Gasteiger partial charge is 0.494 e. The second kappa shape index (κ2) is 10.4. The van der Waals surface area contributed by atoms with Gasteiger partial charge in [0.05, 0.1) is 48.8 Å². The van der Waals surface area contributed by atoms with Gasteiger partial charge in [-0.1, -0.05) is 23.7 Å². The smallest absolute Gasteiger partial charge is 0.235 e. The van der Waals surface area contributed by atoms with Gasteiger partial charge in [-0.2, -0.15) is 4.98 Å². The normalized spacial score (nSPS) is 15.9. The summed E-state index contributed by atoms with van der Waals surface area (Å²) < 4.78 is 38.6. The van der Waals surface area contributed by atoms with E-state index >= 15 is 0 Å². The molecule has 2 fully saturated rings. The van der Waals surface area contributed by atoms with Crippen molar-refractivity contribution in [2.24, 2.45) is 0 Å². The SMILES string of the molecule is COc1cc(N2CCOCC2)ccc1Nc1ncc(Cl)c(Nc2ccccc2NS(=O)(=O)C2CC2)n1. The number of sulfonamides is 1. The molecule has 5 rings (SSSR count). The highest BCUT2D eigenvalue weighted by Gasteiger charge is 2.36. The third kappa shape index (κ3) is 5.58. The number of para-hydroxylation sites is 2. The van der Waals surface area contributed by atoms with Crippen LogP contribution in [0.4, 0.5) is 34.5 Å². The Labute approximate surface area is 215 Å². The number of rotatable bonds is 9. The lowest BCUT2D eigenvalue weighted by atomic mass is 10.2. The van der Waals surface area contributed by atoms with Crippen LogP contribution in [0.2, 0.25) is 5.02 Å². The number of hydrogen-bond donors (Lipinski definition) is 3. The molecule has 0 atom stereocenters. The number of morpholine rings is 1. The van der Waals surface area contributed by atoms with Gasteiger partial charge in [0.2, 0.25) is 16.0 Å². The van der Waals surface area contributed by atoms with Gasteiger partial charge in [0.1, 0.15) is 10.8 Å². The minimum Gasteiger partial charge on any atom is -0.494 e. The fourth-order valence-corrected chi connectivity index (χ4v) is 5.41. The number of nitrogens with one attached hydrogen (secondary N) is 3. The van der Waals surface area contributed by atoms with Crippen molar-refractivity contribution >= 4 is 56.1 Å². The monoisotopic (exact) mass is 530 g/mol. The number of hydrogen-bond acceptors (Lipinski definition) is 9. The van der Waals surface area contributed by atoms with E-state index in [1.807, 2.05) is 18.2 Å². The Morgan fingerprint density at radius 3 is 2.53 bits per heavy atom. The maximum absolute atomic E-state index is 12.5. The van der Waals surface area contributed by atoms with Crippen molar-refractivity contribution in [1.29, 1.82) is 0 Å². The maximum atomic E-state index is 12.5. The molecule has 1 aliphatic heterocycles. The molecule has 2 aromatic carbocycles. The van der Waals surface area contributed by atoms with Crippen molar-refractivity contribution in [2.75, 3.05) is 53.7 Å². The summed E-state index contributed by atoms with van der Waals surface area (Å²) in [6, 6.07) is 12.9. The van der Waals surface area contributed by atoms with E-state index in [4.69, 9.17) is 21.1 Å². The third-order valence-electron chi connectivity index (χ3n) is 5.95. The van der Waals surface area contributed by atoms with Gasteiger partial charge in [-0.15, -0.1) is 0 Å². The Bertz CT molecular complexity index is 1350. The molecular weight excluding hydrogens is 504 g/mol. The van der Waals surface area contributed by atoms with Crippen molar-refractivity contribution in [3.05, 3.63) is 53.7 Å². The minimum atomic E-state index is -3.43. The Kier molecular flexibility index (Phi) is 7.04. The average molecular weight is 531 g/mol. The van der Waals surface area contributed by atoms with E-state index in [1.165, 1.54) is 6.20 Å². The van der Waals surface area contributed by atoms with E-state index in [0.29, 0.717) is 60.6 Å². The van der Waals surface area contributed by atoms with Gasteiger partial charge in [-0.25, -0.2) is 13.4 Å². The van der Waals surface area contributed by atoms with Crippen LogP contribution in [0.1, 0.15) is 12.8 Å². The van der Waals surface area contributed by atoms with Crippen LogP contribution < -0.4 is 25.0 Å². The fraction of sp³-hybridized carbons (Fsp3) is 0.333.